The van der Waals surface area contributed by atoms with Crippen LogP contribution in [0.15, 0.2) is 45.7 Å². The van der Waals surface area contributed by atoms with Gasteiger partial charge in [0.25, 0.3) is 11.8 Å². The molecule has 9 heteroatoms. The Morgan fingerprint density at radius 2 is 2.19 bits per heavy atom. The molecule has 0 aromatic carbocycles. The topological polar surface area (TPSA) is 111 Å². The van der Waals surface area contributed by atoms with Gasteiger partial charge in [0.15, 0.2) is 23.1 Å². The first-order valence-corrected chi connectivity index (χ1v) is 8.28. The standard InChI is InChI=1S/C17H14N6O3/c24-16(12-4-2-8-25-12)18-9-13-20-21-15-11(3-1-7-23(13)15)17-19-14(22-26-17)10-5-6-10/h1-4,7-8,10H,5-6,9H2,(H,18,24). The van der Waals surface area contributed by atoms with E-state index in [0.29, 0.717) is 28.8 Å². The second-order valence-corrected chi connectivity index (χ2v) is 6.12. The Morgan fingerprint density at radius 1 is 1.27 bits per heavy atom. The van der Waals surface area contributed by atoms with Crippen LogP contribution in [0.5, 0.6) is 0 Å². The van der Waals surface area contributed by atoms with Crippen LogP contribution >= 0.6 is 0 Å². The predicted octanol–water partition coefficient (Wildman–Crippen LogP) is 2.18. The highest BCUT2D eigenvalue weighted by Crippen LogP contribution is 2.39. The summed E-state index contributed by atoms with van der Waals surface area (Å²) in [6.07, 6.45) is 5.49. The molecule has 0 radical (unpaired) electrons. The number of furan rings is 1. The van der Waals surface area contributed by atoms with Gasteiger partial charge in [0, 0.05) is 12.1 Å². The van der Waals surface area contributed by atoms with Gasteiger partial charge in [-0.2, -0.15) is 4.98 Å². The van der Waals surface area contributed by atoms with Gasteiger partial charge in [0.1, 0.15) is 0 Å². The first-order valence-electron chi connectivity index (χ1n) is 8.28. The van der Waals surface area contributed by atoms with Crippen molar-refractivity contribution in [3.05, 3.63) is 54.1 Å². The lowest BCUT2D eigenvalue weighted by Gasteiger charge is -2.03. The van der Waals surface area contributed by atoms with Crippen LogP contribution < -0.4 is 5.32 Å². The second-order valence-electron chi connectivity index (χ2n) is 6.12. The van der Waals surface area contributed by atoms with Crippen LogP contribution in [0.2, 0.25) is 0 Å². The van der Waals surface area contributed by atoms with Crippen molar-refractivity contribution in [3.8, 4) is 11.5 Å². The van der Waals surface area contributed by atoms with Gasteiger partial charge in [-0.25, -0.2) is 0 Å². The first-order chi connectivity index (χ1) is 12.8. The van der Waals surface area contributed by atoms with E-state index < -0.39 is 0 Å². The van der Waals surface area contributed by atoms with Gasteiger partial charge in [-0.15, -0.1) is 10.2 Å². The molecule has 9 nitrogen and oxygen atoms in total. The average Bonchev–Trinajstić information content (AvgIpc) is 3.10. The summed E-state index contributed by atoms with van der Waals surface area (Å²) in [4.78, 5) is 16.5. The van der Waals surface area contributed by atoms with Crippen LogP contribution in [0.1, 0.15) is 41.0 Å². The molecule has 1 N–H and O–H groups in total. The fourth-order valence-corrected chi connectivity index (χ4v) is 2.76. The fourth-order valence-electron chi connectivity index (χ4n) is 2.76. The molecule has 0 spiro atoms. The van der Waals surface area contributed by atoms with Crippen molar-refractivity contribution in [1.29, 1.82) is 0 Å². The van der Waals surface area contributed by atoms with Crippen molar-refractivity contribution >= 4 is 11.6 Å². The minimum Gasteiger partial charge on any atom is -0.459 e. The summed E-state index contributed by atoms with van der Waals surface area (Å²) in [6.45, 7) is 0.210. The molecule has 0 bridgehead atoms. The number of pyridine rings is 1. The van der Waals surface area contributed by atoms with Crippen molar-refractivity contribution in [2.45, 2.75) is 25.3 Å². The third-order valence-corrected chi connectivity index (χ3v) is 4.27. The molecule has 5 rings (SSSR count). The number of nitrogens with zero attached hydrogens (tertiary/aromatic N) is 5. The minimum atomic E-state index is -0.311. The predicted molar refractivity (Wildman–Crippen MR) is 88.1 cm³/mol. The lowest BCUT2D eigenvalue weighted by Crippen LogP contribution is -2.23. The van der Waals surface area contributed by atoms with Crippen molar-refractivity contribution < 1.29 is 13.7 Å². The van der Waals surface area contributed by atoms with E-state index in [1.807, 2.05) is 18.3 Å². The molecule has 4 aromatic heterocycles. The quantitative estimate of drug-likeness (QED) is 0.587. The summed E-state index contributed by atoms with van der Waals surface area (Å²) in [5.41, 5.74) is 1.31. The van der Waals surface area contributed by atoms with Gasteiger partial charge < -0.3 is 14.3 Å². The molecule has 4 heterocycles. The molecule has 130 valence electrons. The van der Waals surface area contributed by atoms with Gasteiger partial charge >= 0.3 is 0 Å². The van der Waals surface area contributed by atoms with E-state index in [9.17, 15) is 4.79 Å². The average molecular weight is 350 g/mol. The first kappa shape index (κ1) is 14.8. The maximum atomic E-state index is 12.0. The molecular formula is C17H14N6O3. The maximum absolute atomic E-state index is 12.0. The number of amides is 1. The Hall–Kier alpha value is -3.49. The van der Waals surface area contributed by atoms with E-state index in [1.165, 1.54) is 6.26 Å². The Morgan fingerprint density at radius 3 is 3.00 bits per heavy atom. The molecule has 4 aromatic rings. The molecule has 26 heavy (non-hydrogen) atoms. The van der Waals surface area contributed by atoms with Crippen LogP contribution in [-0.4, -0.2) is 30.6 Å². The minimum absolute atomic E-state index is 0.210. The molecule has 0 atom stereocenters. The number of aromatic nitrogens is 5. The smallest absolute Gasteiger partial charge is 0.287 e. The zero-order chi connectivity index (χ0) is 17.5. The number of hydrogen-bond acceptors (Lipinski definition) is 7. The van der Waals surface area contributed by atoms with Gasteiger partial charge in [-0.1, -0.05) is 5.16 Å². The highest BCUT2D eigenvalue weighted by Gasteiger charge is 2.29. The molecular weight excluding hydrogens is 336 g/mol. The fraction of sp³-hybridized carbons (Fsp3) is 0.235. The lowest BCUT2D eigenvalue weighted by molar-refractivity contribution is 0.0922. The highest BCUT2D eigenvalue weighted by atomic mass is 16.5. The number of carbonyl (C=O) groups excluding carboxylic acids is 1. The highest BCUT2D eigenvalue weighted by molar-refractivity contribution is 5.91. The molecule has 0 unspecified atom stereocenters. The van der Waals surface area contributed by atoms with Gasteiger partial charge in [0.05, 0.1) is 18.4 Å². The van der Waals surface area contributed by atoms with Crippen LogP contribution in [0, 0.1) is 0 Å². The number of rotatable bonds is 5. The van der Waals surface area contributed by atoms with E-state index >= 15 is 0 Å². The third-order valence-electron chi connectivity index (χ3n) is 4.27. The van der Waals surface area contributed by atoms with E-state index in [-0.39, 0.29) is 18.2 Å². The van der Waals surface area contributed by atoms with Crippen LogP contribution in [0.4, 0.5) is 0 Å². The molecule has 0 aliphatic heterocycles. The zero-order valence-electron chi connectivity index (χ0n) is 13.6. The second kappa shape index (κ2) is 5.80. The normalized spacial score (nSPS) is 14.0. The van der Waals surface area contributed by atoms with E-state index in [0.717, 1.165) is 18.7 Å². The SMILES string of the molecule is O=C(NCc1nnc2c(-c3nc(C4CC4)no3)cccn12)c1ccco1. The molecule has 1 amide bonds. The number of carbonyl (C=O) groups is 1. The Balaban J connectivity index is 1.42. The van der Waals surface area contributed by atoms with Gasteiger partial charge in [0.2, 0.25) is 0 Å². The van der Waals surface area contributed by atoms with Crippen LogP contribution in [0.25, 0.3) is 17.1 Å². The van der Waals surface area contributed by atoms with Gasteiger partial charge in [-0.3, -0.25) is 9.20 Å². The summed E-state index contributed by atoms with van der Waals surface area (Å²) in [5, 5.41) is 15.2. The summed E-state index contributed by atoms with van der Waals surface area (Å²) >= 11 is 0. The zero-order valence-corrected chi connectivity index (χ0v) is 13.6. The summed E-state index contributed by atoms with van der Waals surface area (Å²) in [6, 6.07) is 6.97. The third kappa shape index (κ3) is 2.53. The number of nitrogens with one attached hydrogen (secondary N) is 1. The van der Waals surface area contributed by atoms with Crippen LogP contribution in [-0.2, 0) is 6.54 Å². The Bertz CT molecular complexity index is 1080. The maximum Gasteiger partial charge on any atom is 0.287 e. The van der Waals surface area contributed by atoms with Crippen molar-refractivity contribution in [2.75, 3.05) is 0 Å². The van der Waals surface area contributed by atoms with E-state index in [1.54, 1.807) is 16.5 Å². The number of hydrogen-bond donors (Lipinski definition) is 1. The lowest BCUT2D eigenvalue weighted by atomic mass is 10.2. The van der Waals surface area contributed by atoms with Crippen LogP contribution in [0.3, 0.4) is 0 Å². The van der Waals surface area contributed by atoms with E-state index in [2.05, 4.69) is 25.7 Å². The van der Waals surface area contributed by atoms with Crippen molar-refractivity contribution in [3.63, 3.8) is 0 Å². The number of fused-ring (bicyclic) bond motifs is 1. The molecule has 0 saturated heterocycles. The molecule has 1 aliphatic carbocycles. The Kier molecular flexibility index (Phi) is 3.30. The molecule has 1 fully saturated rings. The molecule has 1 aliphatic rings. The summed E-state index contributed by atoms with van der Waals surface area (Å²) < 4.78 is 12.3. The monoisotopic (exact) mass is 350 g/mol. The summed E-state index contributed by atoms with van der Waals surface area (Å²) in [7, 11) is 0. The van der Waals surface area contributed by atoms with Crippen molar-refractivity contribution in [2.24, 2.45) is 0 Å². The molecule has 1 saturated carbocycles. The summed E-state index contributed by atoms with van der Waals surface area (Å²) in [5.74, 6) is 2.11. The van der Waals surface area contributed by atoms with E-state index in [4.69, 9.17) is 8.94 Å². The Labute approximate surface area is 147 Å². The van der Waals surface area contributed by atoms with Crippen molar-refractivity contribution in [1.82, 2.24) is 30.1 Å². The van der Waals surface area contributed by atoms with Gasteiger partial charge in [-0.05, 0) is 37.1 Å². The largest absolute Gasteiger partial charge is 0.459 e.